The van der Waals surface area contributed by atoms with Crippen LogP contribution in [0, 0.1) is 0 Å². The molecule has 2 aromatic rings. The summed E-state index contributed by atoms with van der Waals surface area (Å²) in [4.78, 5) is 11.7. The van der Waals surface area contributed by atoms with Crippen molar-refractivity contribution < 1.29 is 6.17 Å². The van der Waals surface area contributed by atoms with Gasteiger partial charge < -0.3 is 5.32 Å². The van der Waals surface area contributed by atoms with Crippen LogP contribution in [0.25, 0.3) is 0 Å². The molecule has 1 amide bonds. The summed E-state index contributed by atoms with van der Waals surface area (Å²) >= 11 is 0. The van der Waals surface area contributed by atoms with Crippen LogP contribution in [0.3, 0.4) is 0 Å². The van der Waals surface area contributed by atoms with Crippen molar-refractivity contribution in [1.29, 1.82) is 0 Å². The lowest BCUT2D eigenvalue weighted by atomic mass is 10.1. The Labute approximate surface area is 96.3 Å². The number of hydrogen-bond acceptors (Lipinski definition) is 1. The Balaban J connectivity index is 1.96. The van der Waals surface area contributed by atoms with Crippen molar-refractivity contribution in [2.75, 3.05) is 5.32 Å². The predicted molar refractivity (Wildman–Crippen MR) is 65.2 cm³/mol. The average Bonchev–Trinajstić information content (AvgIpc) is 2.33. The van der Waals surface area contributed by atoms with Gasteiger partial charge in [0, 0.05) is 5.69 Å². The third-order valence-corrected chi connectivity index (χ3v) is 2.21. The molecular weight excluding hydrogens is 198 g/mol. The normalized spacial score (nSPS) is 10.6. The number of benzene rings is 2. The number of para-hydroxylation sites is 1. The number of hydrogen-bond donors (Lipinski definition) is 1. The van der Waals surface area contributed by atoms with Crippen LogP contribution < -0.4 is 5.32 Å². The minimum Gasteiger partial charge on any atom is -0.326 e. The second-order valence-corrected chi connectivity index (χ2v) is 3.50. The third kappa shape index (κ3) is 2.95. The van der Waals surface area contributed by atoms with Gasteiger partial charge in [0.1, 0.15) is 0 Å². The van der Waals surface area contributed by atoms with Crippen molar-refractivity contribution in [2.24, 2.45) is 0 Å². The summed E-state index contributed by atoms with van der Waals surface area (Å²) in [6.07, 6.45) is 0.365. The van der Waals surface area contributed by atoms with Crippen LogP contribution in [-0.2, 0) is 11.2 Å². The summed E-state index contributed by atoms with van der Waals surface area (Å²) in [5.74, 6) is -0.0473. The molecule has 0 aliphatic carbocycles. The molecule has 0 spiro atoms. The molecule has 0 fully saturated rings. The monoisotopic (exact) mass is 213 g/mol. The molecule has 2 aromatic carbocycles. The van der Waals surface area contributed by atoms with Crippen molar-refractivity contribution in [3.8, 4) is 0 Å². The van der Waals surface area contributed by atoms with Gasteiger partial charge in [0.05, 0.1) is 7.79 Å². The van der Waals surface area contributed by atoms with E-state index < -0.39 is 0 Å². The molecule has 2 heteroatoms. The Morgan fingerprint density at radius 3 is 2.44 bits per heavy atom. The lowest BCUT2D eigenvalue weighted by Gasteiger charge is -2.04. The first-order valence-electron chi connectivity index (χ1n) is 5.64. The molecule has 0 saturated carbocycles. The highest BCUT2D eigenvalue weighted by Crippen LogP contribution is 2.06. The number of amides is 1. The van der Waals surface area contributed by atoms with Crippen molar-refractivity contribution in [1.82, 2.24) is 0 Å². The second-order valence-electron chi connectivity index (χ2n) is 3.50. The van der Waals surface area contributed by atoms with Crippen molar-refractivity contribution in [3.63, 3.8) is 0 Å². The Morgan fingerprint density at radius 1 is 1.06 bits per heavy atom. The summed E-state index contributed by atoms with van der Waals surface area (Å²) in [6, 6.07) is 16.8. The Morgan fingerprint density at radius 2 is 1.75 bits per heavy atom. The van der Waals surface area contributed by atoms with Crippen LogP contribution >= 0.6 is 0 Å². The van der Waals surface area contributed by atoms with E-state index in [1.54, 1.807) is 24.3 Å². The van der Waals surface area contributed by atoms with E-state index in [-0.39, 0.29) is 5.91 Å². The number of rotatable bonds is 3. The molecule has 0 aromatic heterocycles. The molecule has 0 bridgehead atoms. The first kappa shape index (κ1) is 9.16. The van der Waals surface area contributed by atoms with Gasteiger partial charge in [0.2, 0.25) is 5.91 Å². The topological polar surface area (TPSA) is 29.1 Å². The van der Waals surface area contributed by atoms with E-state index >= 15 is 0 Å². The number of anilines is 1. The first-order chi connectivity index (χ1) is 8.24. The molecule has 1 N–H and O–H groups in total. The number of nitrogens with one attached hydrogen (secondary N) is 1. The molecule has 0 atom stereocenters. The maximum atomic E-state index is 11.7. The molecule has 2 nitrogen and oxygen atoms in total. The quantitative estimate of drug-likeness (QED) is 0.834. The molecule has 0 radical (unpaired) electrons. The van der Waals surface area contributed by atoms with E-state index in [2.05, 4.69) is 5.32 Å². The van der Waals surface area contributed by atoms with E-state index in [4.69, 9.17) is 1.37 Å². The zero-order valence-corrected chi connectivity index (χ0v) is 8.81. The first-order valence-corrected chi connectivity index (χ1v) is 5.14. The van der Waals surface area contributed by atoms with Crippen LogP contribution in [0.5, 0.6) is 0 Å². The second kappa shape index (κ2) is 5.12. The molecule has 16 heavy (non-hydrogen) atoms. The minimum atomic E-state index is -0.0473. The van der Waals surface area contributed by atoms with Crippen LogP contribution in [0.2, 0.25) is 0 Å². The molecular formula is C14H13NO. The fourth-order valence-electron chi connectivity index (χ4n) is 1.46. The maximum absolute atomic E-state index is 11.7. The lowest BCUT2D eigenvalue weighted by molar-refractivity contribution is -0.115. The van der Waals surface area contributed by atoms with Crippen molar-refractivity contribution in [3.05, 3.63) is 66.2 Å². The summed E-state index contributed by atoms with van der Waals surface area (Å²) in [6.45, 7) is 0. The fourth-order valence-corrected chi connectivity index (χ4v) is 1.46. The van der Waals surface area contributed by atoms with Gasteiger partial charge in [-0.2, -0.15) is 0 Å². The van der Waals surface area contributed by atoms with Gasteiger partial charge in [0.15, 0.2) is 0 Å². The standard InChI is InChI=1S/C14H13NO/c16-14(11-12-7-3-1-4-8-12)15-13-9-5-2-6-10-13/h1-10H,11H2,(H,15,16)/i2T. The van der Waals surface area contributed by atoms with Crippen LogP contribution in [-0.4, -0.2) is 5.91 Å². The highest BCUT2D eigenvalue weighted by atomic mass is 16.1. The van der Waals surface area contributed by atoms with Crippen LogP contribution in [0.4, 0.5) is 5.69 Å². The molecule has 0 heterocycles. The molecule has 0 saturated heterocycles. The van der Waals surface area contributed by atoms with Gasteiger partial charge in [-0.15, -0.1) is 0 Å². The molecule has 0 aliphatic heterocycles. The maximum Gasteiger partial charge on any atom is 0.228 e. The molecule has 2 rings (SSSR count). The number of carbonyl (C=O) groups is 1. The average molecular weight is 213 g/mol. The Hall–Kier alpha value is -2.09. The van der Waals surface area contributed by atoms with E-state index in [1.165, 1.54) is 0 Å². The highest BCUT2D eigenvalue weighted by molar-refractivity contribution is 5.92. The Bertz CT molecular complexity index is 493. The summed E-state index contributed by atoms with van der Waals surface area (Å²) in [5, 5.41) is 2.80. The Kier molecular flexibility index (Phi) is 2.93. The largest absolute Gasteiger partial charge is 0.326 e. The predicted octanol–water partition coefficient (Wildman–Crippen LogP) is 2.87. The summed E-state index contributed by atoms with van der Waals surface area (Å²) in [7, 11) is 0. The van der Waals surface area contributed by atoms with E-state index in [1.807, 2.05) is 30.3 Å². The van der Waals surface area contributed by atoms with Crippen LogP contribution in [0.15, 0.2) is 60.6 Å². The van der Waals surface area contributed by atoms with Crippen molar-refractivity contribution in [2.45, 2.75) is 6.42 Å². The lowest BCUT2D eigenvalue weighted by Crippen LogP contribution is -2.14. The molecule has 0 unspecified atom stereocenters. The highest BCUT2D eigenvalue weighted by Gasteiger charge is 2.02. The van der Waals surface area contributed by atoms with Gasteiger partial charge in [-0.05, 0) is 17.7 Å². The van der Waals surface area contributed by atoms with Gasteiger partial charge in [0.25, 0.3) is 0 Å². The smallest absolute Gasteiger partial charge is 0.228 e. The fraction of sp³-hybridized carbons (Fsp3) is 0.0714. The van der Waals surface area contributed by atoms with E-state index in [0.717, 1.165) is 11.3 Å². The molecule has 80 valence electrons. The zero-order valence-electron chi connectivity index (χ0n) is 9.81. The van der Waals surface area contributed by atoms with Gasteiger partial charge in [-0.1, -0.05) is 48.5 Å². The SMILES string of the molecule is [3H]c1ccc(NC(=O)Cc2ccccc2)cc1. The zero-order chi connectivity index (χ0) is 12.1. The minimum absolute atomic E-state index is 0.0473. The van der Waals surface area contributed by atoms with Gasteiger partial charge in [-0.25, -0.2) is 0 Å². The molecule has 0 aliphatic rings. The summed E-state index contributed by atoms with van der Waals surface area (Å²) in [5.41, 5.74) is 1.71. The van der Waals surface area contributed by atoms with E-state index in [9.17, 15) is 4.79 Å². The summed E-state index contributed by atoms with van der Waals surface area (Å²) < 4.78 is 7.34. The van der Waals surface area contributed by atoms with Crippen LogP contribution in [0.1, 0.15) is 6.93 Å². The van der Waals surface area contributed by atoms with Crippen molar-refractivity contribution >= 4 is 11.6 Å². The van der Waals surface area contributed by atoms with Gasteiger partial charge >= 0.3 is 0 Å². The van der Waals surface area contributed by atoms with Gasteiger partial charge in [-0.3, -0.25) is 4.79 Å². The number of carbonyl (C=O) groups excluding carboxylic acids is 1. The third-order valence-electron chi connectivity index (χ3n) is 2.21. The van der Waals surface area contributed by atoms with E-state index in [0.29, 0.717) is 12.5 Å².